The molecule has 5 heteroatoms. The number of rotatable bonds is 5. The SMILES string of the molecule is CCON=C(Oc1ccccc1)c1ccccc1N(C)C(C)=O. The van der Waals surface area contributed by atoms with E-state index in [1.54, 1.807) is 11.9 Å². The monoisotopic (exact) mass is 312 g/mol. The Kier molecular flexibility index (Phi) is 5.74. The summed E-state index contributed by atoms with van der Waals surface area (Å²) in [6, 6.07) is 16.7. The van der Waals surface area contributed by atoms with Crippen LogP contribution >= 0.6 is 0 Å². The zero-order chi connectivity index (χ0) is 16.7. The van der Waals surface area contributed by atoms with Crippen LogP contribution in [0.1, 0.15) is 19.4 Å². The second-order valence-electron chi connectivity index (χ2n) is 4.82. The van der Waals surface area contributed by atoms with Crippen molar-refractivity contribution >= 4 is 17.5 Å². The van der Waals surface area contributed by atoms with Crippen LogP contribution in [0.2, 0.25) is 0 Å². The van der Waals surface area contributed by atoms with Gasteiger partial charge in [0.1, 0.15) is 12.4 Å². The van der Waals surface area contributed by atoms with Gasteiger partial charge in [0.05, 0.1) is 11.3 Å². The second kappa shape index (κ2) is 7.98. The Morgan fingerprint density at radius 3 is 2.39 bits per heavy atom. The van der Waals surface area contributed by atoms with E-state index < -0.39 is 0 Å². The normalized spacial score (nSPS) is 11.0. The van der Waals surface area contributed by atoms with Gasteiger partial charge in [-0.05, 0) is 36.3 Å². The highest BCUT2D eigenvalue weighted by Crippen LogP contribution is 2.22. The molecule has 0 aromatic heterocycles. The summed E-state index contributed by atoms with van der Waals surface area (Å²) in [6.45, 7) is 3.78. The molecule has 0 heterocycles. The summed E-state index contributed by atoms with van der Waals surface area (Å²) in [5, 5.41) is 4.07. The first-order chi connectivity index (χ1) is 11.1. The largest absolute Gasteiger partial charge is 0.436 e. The number of oxime groups is 1. The molecule has 0 N–H and O–H groups in total. The number of benzene rings is 2. The fraction of sp³-hybridized carbons (Fsp3) is 0.222. The van der Waals surface area contributed by atoms with Gasteiger partial charge < -0.3 is 14.5 Å². The Morgan fingerprint density at radius 1 is 1.09 bits per heavy atom. The molecule has 0 spiro atoms. The average molecular weight is 312 g/mol. The number of hydrogen-bond acceptors (Lipinski definition) is 4. The van der Waals surface area contributed by atoms with Gasteiger partial charge in [-0.1, -0.05) is 30.3 Å². The minimum absolute atomic E-state index is 0.0760. The van der Waals surface area contributed by atoms with Crippen LogP contribution in [0.4, 0.5) is 5.69 Å². The van der Waals surface area contributed by atoms with Crippen LogP contribution in [-0.4, -0.2) is 25.5 Å². The number of hydrogen-bond donors (Lipinski definition) is 0. The lowest BCUT2D eigenvalue weighted by Crippen LogP contribution is -2.26. The Morgan fingerprint density at radius 2 is 1.74 bits per heavy atom. The Labute approximate surface area is 136 Å². The molecular formula is C18H20N2O3. The molecule has 2 aromatic carbocycles. The van der Waals surface area contributed by atoms with Gasteiger partial charge in [-0.25, -0.2) is 0 Å². The standard InChI is InChI=1S/C18H20N2O3/c1-4-22-19-18(23-15-10-6-5-7-11-15)16-12-8-9-13-17(16)20(3)14(2)21/h5-13H,4H2,1-3H3. The molecule has 0 aliphatic carbocycles. The van der Waals surface area contributed by atoms with Gasteiger partial charge in [0.2, 0.25) is 5.91 Å². The molecule has 0 aliphatic rings. The molecule has 0 bridgehead atoms. The van der Waals surface area contributed by atoms with E-state index in [0.717, 1.165) is 0 Å². The predicted octanol–water partition coefficient (Wildman–Crippen LogP) is 3.45. The van der Waals surface area contributed by atoms with E-state index in [1.807, 2.05) is 61.5 Å². The maximum absolute atomic E-state index is 11.7. The molecule has 0 atom stereocenters. The summed E-state index contributed by atoms with van der Waals surface area (Å²) >= 11 is 0. The molecule has 0 aliphatic heterocycles. The predicted molar refractivity (Wildman–Crippen MR) is 90.8 cm³/mol. The fourth-order valence-corrected chi connectivity index (χ4v) is 1.96. The molecule has 0 radical (unpaired) electrons. The highest BCUT2D eigenvalue weighted by atomic mass is 16.6. The zero-order valence-electron chi connectivity index (χ0n) is 13.5. The summed E-state index contributed by atoms with van der Waals surface area (Å²) in [6.07, 6.45) is 0. The lowest BCUT2D eigenvalue weighted by Gasteiger charge is -2.19. The van der Waals surface area contributed by atoms with E-state index in [4.69, 9.17) is 9.57 Å². The van der Waals surface area contributed by atoms with Crippen molar-refractivity contribution in [2.75, 3.05) is 18.6 Å². The van der Waals surface area contributed by atoms with E-state index >= 15 is 0 Å². The number of para-hydroxylation sites is 2. The van der Waals surface area contributed by atoms with Gasteiger partial charge in [-0.2, -0.15) is 0 Å². The second-order valence-corrected chi connectivity index (χ2v) is 4.82. The summed E-state index contributed by atoms with van der Waals surface area (Å²) < 4.78 is 5.86. The van der Waals surface area contributed by atoms with Gasteiger partial charge in [0.15, 0.2) is 0 Å². The van der Waals surface area contributed by atoms with Crippen molar-refractivity contribution < 1.29 is 14.4 Å². The molecule has 0 saturated carbocycles. The highest BCUT2D eigenvalue weighted by molar-refractivity contribution is 6.04. The van der Waals surface area contributed by atoms with E-state index in [0.29, 0.717) is 29.5 Å². The van der Waals surface area contributed by atoms with Gasteiger partial charge in [-0.15, -0.1) is 0 Å². The van der Waals surface area contributed by atoms with Gasteiger partial charge >= 0.3 is 0 Å². The quantitative estimate of drug-likeness (QED) is 0.483. The van der Waals surface area contributed by atoms with Crippen molar-refractivity contribution in [2.24, 2.45) is 5.16 Å². The van der Waals surface area contributed by atoms with Crippen molar-refractivity contribution in [3.05, 3.63) is 60.2 Å². The summed E-state index contributed by atoms with van der Waals surface area (Å²) in [5.74, 6) is 0.876. The van der Waals surface area contributed by atoms with E-state index in [1.165, 1.54) is 6.92 Å². The first-order valence-electron chi connectivity index (χ1n) is 7.40. The smallest absolute Gasteiger partial charge is 0.265 e. The van der Waals surface area contributed by atoms with Crippen molar-refractivity contribution in [3.63, 3.8) is 0 Å². The van der Waals surface area contributed by atoms with Crippen molar-refractivity contribution in [1.29, 1.82) is 0 Å². The molecule has 2 aromatic rings. The topological polar surface area (TPSA) is 51.1 Å². The van der Waals surface area contributed by atoms with Crippen LogP contribution < -0.4 is 9.64 Å². The third-order valence-corrected chi connectivity index (χ3v) is 3.20. The Balaban J connectivity index is 2.42. The average Bonchev–Trinajstić information content (AvgIpc) is 2.58. The van der Waals surface area contributed by atoms with Crippen LogP contribution in [0, 0.1) is 0 Å². The van der Waals surface area contributed by atoms with Gasteiger partial charge in [0, 0.05) is 14.0 Å². The van der Waals surface area contributed by atoms with Crippen LogP contribution in [0.15, 0.2) is 59.8 Å². The Hall–Kier alpha value is -2.82. The van der Waals surface area contributed by atoms with E-state index in [9.17, 15) is 4.79 Å². The van der Waals surface area contributed by atoms with Gasteiger partial charge in [0.25, 0.3) is 5.90 Å². The lowest BCUT2D eigenvalue weighted by atomic mass is 10.1. The molecule has 0 saturated heterocycles. The molecule has 120 valence electrons. The van der Waals surface area contributed by atoms with Crippen LogP contribution in [0.3, 0.4) is 0 Å². The molecule has 0 fully saturated rings. The van der Waals surface area contributed by atoms with E-state index in [2.05, 4.69) is 5.16 Å². The number of anilines is 1. The summed E-state index contributed by atoms with van der Waals surface area (Å²) in [5.41, 5.74) is 1.39. The summed E-state index contributed by atoms with van der Waals surface area (Å²) in [7, 11) is 1.71. The summed E-state index contributed by atoms with van der Waals surface area (Å²) in [4.78, 5) is 18.4. The number of carbonyl (C=O) groups excluding carboxylic acids is 1. The van der Waals surface area contributed by atoms with E-state index in [-0.39, 0.29) is 5.91 Å². The van der Waals surface area contributed by atoms with Crippen molar-refractivity contribution in [3.8, 4) is 5.75 Å². The Bertz CT molecular complexity index is 684. The number of nitrogens with zero attached hydrogens (tertiary/aromatic N) is 2. The fourth-order valence-electron chi connectivity index (χ4n) is 1.96. The van der Waals surface area contributed by atoms with Crippen molar-refractivity contribution in [1.82, 2.24) is 0 Å². The number of carbonyl (C=O) groups is 1. The number of amides is 1. The third kappa shape index (κ3) is 4.32. The van der Waals surface area contributed by atoms with Crippen LogP contribution in [-0.2, 0) is 9.63 Å². The minimum atomic E-state index is -0.0760. The van der Waals surface area contributed by atoms with Gasteiger partial charge in [-0.3, -0.25) is 4.79 Å². The van der Waals surface area contributed by atoms with Crippen molar-refractivity contribution in [2.45, 2.75) is 13.8 Å². The highest BCUT2D eigenvalue weighted by Gasteiger charge is 2.17. The van der Waals surface area contributed by atoms with Crippen LogP contribution in [0.5, 0.6) is 5.75 Å². The molecular weight excluding hydrogens is 292 g/mol. The third-order valence-electron chi connectivity index (χ3n) is 3.20. The van der Waals surface area contributed by atoms with Crippen LogP contribution in [0.25, 0.3) is 0 Å². The molecule has 23 heavy (non-hydrogen) atoms. The number of ether oxygens (including phenoxy) is 1. The lowest BCUT2D eigenvalue weighted by molar-refractivity contribution is -0.116. The maximum atomic E-state index is 11.7. The minimum Gasteiger partial charge on any atom is -0.436 e. The molecule has 0 unspecified atom stereocenters. The molecule has 5 nitrogen and oxygen atoms in total. The molecule has 2 rings (SSSR count). The first kappa shape index (κ1) is 16.5. The first-order valence-corrected chi connectivity index (χ1v) is 7.40. The molecule has 1 amide bonds. The zero-order valence-corrected chi connectivity index (χ0v) is 13.5. The maximum Gasteiger partial charge on any atom is 0.265 e.